The van der Waals surface area contributed by atoms with Crippen LogP contribution in [-0.4, -0.2) is 48.1 Å². The van der Waals surface area contributed by atoms with Crippen LogP contribution >= 0.6 is 12.2 Å². The molecule has 0 spiro atoms. The van der Waals surface area contributed by atoms with Gasteiger partial charge in [0.1, 0.15) is 0 Å². The molecule has 0 saturated carbocycles. The predicted octanol–water partition coefficient (Wildman–Crippen LogP) is 2.11. The molecule has 0 aromatic heterocycles. The summed E-state index contributed by atoms with van der Waals surface area (Å²) in [5, 5.41) is 7.83. The normalized spacial score (nSPS) is 15.4. The van der Waals surface area contributed by atoms with Gasteiger partial charge in [0.05, 0.1) is 12.8 Å². The Hall–Kier alpha value is -2.15. The summed E-state index contributed by atoms with van der Waals surface area (Å²) in [4.78, 5) is 13.4. The van der Waals surface area contributed by atoms with Crippen LogP contribution in [0, 0.1) is 0 Å². The summed E-state index contributed by atoms with van der Waals surface area (Å²) in [6, 6.07) is 10.0. The molecule has 0 unspecified atom stereocenters. The largest absolute Gasteiger partial charge is 0.450 e. The van der Waals surface area contributed by atoms with Gasteiger partial charge in [-0.25, -0.2) is 4.79 Å². The van der Waals surface area contributed by atoms with Crippen LogP contribution in [0.3, 0.4) is 0 Å². The van der Waals surface area contributed by atoms with Gasteiger partial charge in [-0.05, 0) is 37.5 Å². The maximum Gasteiger partial charge on any atom is 0.409 e. The second kappa shape index (κ2) is 9.09. The van der Waals surface area contributed by atoms with Crippen molar-refractivity contribution < 1.29 is 9.53 Å². The lowest BCUT2D eigenvalue weighted by molar-refractivity contribution is 0.0963. The third-order valence-corrected chi connectivity index (χ3v) is 3.74. The molecule has 1 fully saturated rings. The van der Waals surface area contributed by atoms with Crippen molar-refractivity contribution in [2.75, 3.05) is 19.7 Å². The summed E-state index contributed by atoms with van der Waals surface area (Å²) in [7, 11) is 0. The topological polar surface area (TPSA) is 66.0 Å². The monoisotopic (exact) mass is 334 g/mol. The van der Waals surface area contributed by atoms with E-state index < -0.39 is 0 Å². The fraction of sp³-hybridized carbons (Fsp3) is 0.438. The van der Waals surface area contributed by atoms with Crippen LogP contribution in [0.5, 0.6) is 0 Å². The van der Waals surface area contributed by atoms with Crippen LogP contribution < -0.4 is 10.7 Å². The fourth-order valence-electron chi connectivity index (χ4n) is 2.34. The quantitative estimate of drug-likeness (QED) is 0.501. The third kappa shape index (κ3) is 5.86. The molecule has 6 nitrogen and oxygen atoms in total. The highest BCUT2D eigenvalue weighted by atomic mass is 32.1. The minimum absolute atomic E-state index is 0.237. The Morgan fingerprint density at radius 2 is 2.09 bits per heavy atom. The number of piperidine rings is 1. The van der Waals surface area contributed by atoms with Crippen LogP contribution in [0.2, 0.25) is 0 Å². The summed E-state index contributed by atoms with van der Waals surface area (Å²) in [6.07, 6.45) is 3.16. The summed E-state index contributed by atoms with van der Waals surface area (Å²) in [5.74, 6) is 0. The first-order chi connectivity index (χ1) is 11.2. The van der Waals surface area contributed by atoms with E-state index in [9.17, 15) is 4.79 Å². The first kappa shape index (κ1) is 17.2. The first-order valence-electron chi connectivity index (χ1n) is 7.75. The Morgan fingerprint density at radius 1 is 1.39 bits per heavy atom. The van der Waals surface area contributed by atoms with E-state index in [0.717, 1.165) is 18.4 Å². The summed E-state index contributed by atoms with van der Waals surface area (Å²) >= 11 is 5.23. The number of hydrazone groups is 1. The molecule has 0 bridgehead atoms. The molecular weight excluding hydrogens is 312 g/mol. The number of rotatable bonds is 4. The molecule has 1 heterocycles. The summed E-state index contributed by atoms with van der Waals surface area (Å²) < 4.78 is 5.00. The maximum absolute atomic E-state index is 11.6. The molecule has 1 aliphatic rings. The van der Waals surface area contributed by atoms with Crippen LogP contribution in [0.4, 0.5) is 4.79 Å². The second-order valence-corrected chi connectivity index (χ2v) is 5.62. The molecule has 2 N–H and O–H groups in total. The van der Waals surface area contributed by atoms with Crippen LogP contribution in [0.1, 0.15) is 25.3 Å². The molecule has 2 rings (SSSR count). The summed E-state index contributed by atoms with van der Waals surface area (Å²) in [5.41, 5.74) is 3.82. The van der Waals surface area contributed by atoms with Crippen molar-refractivity contribution in [1.29, 1.82) is 0 Å². The number of nitrogens with one attached hydrogen (secondary N) is 2. The SMILES string of the molecule is CCOC(=O)N1CCC(NC(=S)NN=Cc2ccccc2)CC1. The Balaban J connectivity index is 1.69. The van der Waals surface area contributed by atoms with Gasteiger partial charge in [-0.3, -0.25) is 5.43 Å². The number of carbonyl (C=O) groups is 1. The molecule has 1 aromatic carbocycles. The maximum atomic E-state index is 11.6. The van der Waals surface area contributed by atoms with Crippen molar-refractivity contribution in [3.63, 3.8) is 0 Å². The molecule has 124 valence electrons. The molecule has 23 heavy (non-hydrogen) atoms. The molecule has 1 amide bonds. The van der Waals surface area contributed by atoms with Crippen molar-refractivity contribution in [1.82, 2.24) is 15.6 Å². The van der Waals surface area contributed by atoms with Crippen molar-refractivity contribution in [2.45, 2.75) is 25.8 Å². The van der Waals surface area contributed by atoms with Gasteiger partial charge >= 0.3 is 6.09 Å². The molecule has 0 atom stereocenters. The van der Waals surface area contributed by atoms with E-state index in [-0.39, 0.29) is 12.1 Å². The molecule has 1 saturated heterocycles. The number of thiocarbonyl (C=S) groups is 1. The highest BCUT2D eigenvalue weighted by Gasteiger charge is 2.23. The van der Waals surface area contributed by atoms with Crippen molar-refractivity contribution in [3.8, 4) is 0 Å². The van der Waals surface area contributed by atoms with E-state index >= 15 is 0 Å². The van der Waals surface area contributed by atoms with Crippen LogP contribution in [0.15, 0.2) is 35.4 Å². The molecule has 1 aliphatic heterocycles. The van der Waals surface area contributed by atoms with E-state index in [4.69, 9.17) is 17.0 Å². The smallest absolute Gasteiger partial charge is 0.409 e. The fourth-order valence-corrected chi connectivity index (χ4v) is 2.56. The third-order valence-electron chi connectivity index (χ3n) is 3.54. The lowest BCUT2D eigenvalue weighted by Crippen LogP contribution is -2.48. The predicted molar refractivity (Wildman–Crippen MR) is 94.5 cm³/mol. The highest BCUT2D eigenvalue weighted by molar-refractivity contribution is 7.80. The van der Waals surface area contributed by atoms with E-state index in [1.807, 2.05) is 37.3 Å². The molecule has 1 aromatic rings. The van der Waals surface area contributed by atoms with E-state index in [0.29, 0.717) is 24.8 Å². The minimum Gasteiger partial charge on any atom is -0.450 e. The summed E-state index contributed by atoms with van der Waals surface area (Å²) in [6.45, 7) is 3.56. The lowest BCUT2D eigenvalue weighted by atomic mass is 10.1. The lowest BCUT2D eigenvalue weighted by Gasteiger charge is -2.31. The van der Waals surface area contributed by atoms with Gasteiger partial charge in [0, 0.05) is 19.1 Å². The minimum atomic E-state index is -0.237. The number of carbonyl (C=O) groups excluding carboxylic acids is 1. The average Bonchev–Trinajstić information content (AvgIpc) is 2.57. The average molecular weight is 334 g/mol. The second-order valence-electron chi connectivity index (χ2n) is 5.21. The zero-order valence-corrected chi connectivity index (χ0v) is 14.0. The van der Waals surface area contributed by atoms with Crippen molar-refractivity contribution >= 4 is 29.6 Å². The zero-order chi connectivity index (χ0) is 16.5. The van der Waals surface area contributed by atoms with E-state index in [1.165, 1.54) is 0 Å². The van der Waals surface area contributed by atoms with Crippen LogP contribution in [0.25, 0.3) is 0 Å². The molecular formula is C16H22N4O2S. The number of hydrogen-bond acceptors (Lipinski definition) is 4. The Bertz CT molecular complexity index is 542. The zero-order valence-electron chi connectivity index (χ0n) is 13.2. The first-order valence-corrected chi connectivity index (χ1v) is 8.16. The van der Waals surface area contributed by atoms with Gasteiger partial charge in [-0.15, -0.1) is 0 Å². The van der Waals surface area contributed by atoms with Crippen LogP contribution in [-0.2, 0) is 4.74 Å². The van der Waals surface area contributed by atoms with Crippen molar-refractivity contribution in [3.05, 3.63) is 35.9 Å². The molecule has 0 radical (unpaired) electrons. The number of ether oxygens (including phenoxy) is 1. The number of benzene rings is 1. The van der Waals surface area contributed by atoms with Gasteiger partial charge in [-0.2, -0.15) is 5.10 Å². The van der Waals surface area contributed by atoms with E-state index in [1.54, 1.807) is 11.1 Å². The van der Waals surface area contributed by atoms with Crippen molar-refractivity contribution in [2.24, 2.45) is 5.10 Å². The number of amides is 1. The highest BCUT2D eigenvalue weighted by Crippen LogP contribution is 2.11. The number of nitrogens with zero attached hydrogens (tertiary/aromatic N) is 2. The van der Waals surface area contributed by atoms with Gasteiger partial charge in [0.15, 0.2) is 5.11 Å². The van der Waals surface area contributed by atoms with Gasteiger partial charge in [-0.1, -0.05) is 30.3 Å². The Kier molecular flexibility index (Phi) is 6.80. The standard InChI is InChI=1S/C16H22N4O2S/c1-2-22-16(21)20-10-8-14(9-11-20)18-15(23)19-17-12-13-6-4-3-5-7-13/h3-7,12,14H,2,8-11H2,1H3,(H2,18,19,23). The Morgan fingerprint density at radius 3 is 2.74 bits per heavy atom. The van der Waals surface area contributed by atoms with Gasteiger partial charge in [0.25, 0.3) is 0 Å². The van der Waals surface area contributed by atoms with Gasteiger partial charge < -0.3 is 15.0 Å². The molecule has 7 heteroatoms. The molecule has 0 aliphatic carbocycles. The van der Waals surface area contributed by atoms with Gasteiger partial charge in [0.2, 0.25) is 0 Å². The number of likely N-dealkylation sites (tertiary alicyclic amines) is 1. The Labute approximate surface area is 141 Å². The number of hydrogen-bond donors (Lipinski definition) is 2. The van der Waals surface area contributed by atoms with E-state index in [2.05, 4.69) is 15.8 Å².